The molecule has 0 unspecified atom stereocenters. The predicted molar refractivity (Wildman–Crippen MR) is 205 cm³/mol. The predicted octanol–water partition coefficient (Wildman–Crippen LogP) is 12.0. The van der Waals surface area contributed by atoms with Crippen LogP contribution >= 0.6 is 0 Å². The molecule has 0 aliphatic heterocycles. The van der Waals surface area contributed by atoms with Crippen molar-refractivity contribution in [3.05, 3.63) is 176 Å². The second-order valence-corrected chi connectivity index (χ2v) is 12.6. The van der Waals surface area contributed by atoms with E-state index >= 15 is 0 Å². The third-order valence-electron chi connectivity index (χ3n) is 9.77. The molecule has 0 spiro atoms. The lowest BCUT2D eigenvalue weighted by Gasteiger charge is -2.13. The second-order valence-electron chi connectivity index (χ2n) is 12.6. The molecule has 49 heavy (non-hydrogen) atoms. The highest BCUT2D eigenvalue weighted by molar-refractivity contribution is 6.16. The molecule has 0 radical (unpaired) electrons. The molecule has 228 valence electrons. The molecule has 10 aromatic rings. The van der Waals surface area contributed by atoms with Gasteiger partial charge in [-0.25, -0.2) is 9.97 Å². The number of rotatable bonds is 4. The lowest BCUT2D eigenvalue weighted by Crippen LogP contribution is -1.94. The zero-order valence-corrected chi connectivity index (χ0v) is 26.6. The molecule has 3 heteroatoms. The van der Waals surface area contributed by atoms with Crippen LogP contribution in [0.15, 0.2) is 176 Å². The van der Waals surface area contributed by atoms with Gasteiger partial charge in [-0.3, -0.25) is 0 Å². The first kappa shape index (κ1) is 27.5. The lowest BCUT2D eigenvalue weighted by molar-refractivity contribution is 1.18. The Kier molecular flexibility index (Phi) is 6.18. The van der Waals surface area contributed by atoms with E-state index in [0.29, 0.717) is 0 Å². The number of nitrogens with zero attached hydrogens (tertiary/aromatic N) is 3. The van der Waals surface area contributed by atoms with Gasteiger partial charge in [0.2, 0.25) is 0 Å². The maximum absolute atomic E-state index is 5.26. The van der Waals surface area contributed by atoms with Gasteiger partial charge >= 0.3 is 0 Å². The minimum absolute atomic E-state index is 0.917. The summed E-state index contributed by atoms with van der Waals surface area (Å²) in [6, 6.07) is 62.5. The van der Waals surface area contributed by atoms with Gasteiger partial charge in [-0.2, -0.15) is 0 Å². The third kappa shape index (κ3) is 4.44. The van der Waals surface area contributed by atoms with E-state index in [9.17, 15) is 0 Å². The van der Waals surface area contributed by atoms with Gasteiger partial charge in [0, 0.05) is 43.7 Å². The average molecular weight is 624 g/mol. The number of para-hydroxylation sites is 3. The standard InChI is InChI=1S/C46H29N3/c1-2-11-32(12-3-1)44-38-17-4-7-18-41(38)48-46-39(44)27-25-33-26-28-40(47-45(33)46)31-23-21-30(22-24-31)34-13-10-14-35(29-34)49-42-19-8-5-15-36(42)37-16-6-9-20-43(37)49/h1-29H. The first-order valence-electron chi connectivity index (χ1n) is 16.7. The summed E-state index contributed by atoms with van der Waals surface area (Å²) in [6.45, 7) is 0. The lowest BCUT2D eigenvalue weighted by atomic mass is 9.95. The largest absolute Gasteiger partial charge is 0.309 e. The molecule has 3 nitrogen and oxygen atoms in total. The molecule has 10 rings (SSSR count). The monoisotopic (exact) mass is 623 g/mol. The van der Waals surface area contributed by atoms with Gasteiger partial charge in [0.05, 0.1) is 33.3 Å². The Morgan fingerprint density at radius 2 is 1.00 bits per heavy atom. The van der Waals surface area contributed by atoms with E-state index in [1.807, 2.05) is 0 Å². The minimum atomic E-state index is 0.917. The quantitative estimate of drug-likeness (QED) is 0.144. The van der Waals surface area contributed by atoms with Crippen molar-refractivity contribution in [1.82, 2.24) is 14.5 Å². The van der Waals surface area contributed by atoms with Crippen molar-refractivity contribution in [3.63, 3.8) is 0 Å². The van der Waals surface area contributed by atoms with E-state index in [-0.39, 0.29) is 0 Å². The molecule has 0 amide bonds. The van der Waals surface area contributed by atoms with Crippen LogP contribution in [0, 0.1) is 0 Å². The Bertz CT molecular complexity index is 2810. The smallest absolute Gasteiger partial charge is 0.0978 e. The number of hydrogen-bond acceptors (Lipinski definition) is 2. The van der Waals surface area contributed by atoms with Crippen LogP contribution in [0.4, 0.5) is 0 Å². The van der Waals surface area contributed by atoms with Gasteiger partial charge in [0.15, 0.2) is 0 Å². The average Bonchev–Trinajstić information content (AvgIpc) is 3.52. The molecule has 0 saturated heterocycles. The molecule has 7 aromatic carbocycles. The Labute approximate surface area is 283 Å². The van der Waals surface area contributed by atoms with Crippen LogP contribution in [0.3, 0.4) is 0 Å². The molecule has 0 fully saturated rings. The minimum Gasteiger partial charge on any atom is -0.309 e. The van der Waals surface area contributed by atoms with Crippen LogP contribution in [0.25, 0.3) is 93.7 Å². The van der Waals surface area contributed by atoms with Crippen LogP contribution in [0.1, 0.15) is 0 Å². The number of benzene rings is 7. The van der Waals surface area contributed by atoms with Crippen LogP contribution in [0.2, 0.25) is 0 Å². The van der Waals surface area contributed by atoms with E-state index in [1.165, 1.54) is 44.1 Å². The first-order chi connectivity index (χ1) is 24.3. The third-order valence-corrected chi connectivity index (χ3v) is 9.77. The van der Waals surface area contributed by atoms with Crippen LogP contribution in [0.5, 0.6) is 0 Å². The summed E-state index contributed by atoms with van der Waals surface area (Å²) >= 11 is 0. The Hall–Kier alpha value is -6.58. The maximum Gasteiger partial charge on any atom is 0.0978 e. The SMILES string of the molecule is c1ccc(-c2c3ccccc3nc3c2ccc2ccc(-c4ccc(-c5cccc(-n6c7ccccc7c7ccccc76)c5)cc4)nc23)cc1. The normalized spacial score (nSPS) is 11.7. The van der Waals surface area contributed by atoms with E-state index in [4.69, 9.17) is 9.97 Å². The molecular weight excluding hydrogens is 595 g/mol. The molecule has 0 aliphatic carbocycles. The Morgan fingerprint density at radius 3 is 1.78 bits per heavy atom. The zero-order chi connectivity index (χ0) is 32.3. The van der Waals surface area contributed by atoms with Crippen molar-refractivity contribution in [2.45, 2.75) is 0 Å². The Morgan fingerprint density at radius 1 is 0.367 bits per heavy atom. The molecule has 0 saturated carbocycles. The summed E-state index contributed by atoms with van der Waals surface area (Å²) in [6.07, 6.45) is 0. The van der Waals surface area contributed by atoms with Gasteiger partial charge < -0.3 is 4.57 Å². The molecule has 0 N–H and O–H groups in total. The van der Waals surface area contributed by atoms with E-state index in [0.717, 1.165) is 49.7 Å². The number of fused-ring (bicyclic) bond motifs is 7. The highest BCUT2D eigenvalue weighted by atomic mass is 15.0. The van der Waals surface area contributed by atoms with Crippen molar-refractivity contribution in [3.8, 4) is 39.2 Å². The van der Waals surface area contributed by atoms with Crippen molar-refractivity contribution >= 4 is 54.5 Å². The van der Waals surface area contributed by atoms with E-state index in [2.05, 4.69) is 180 Å². The van der Waals surface area contributed by atoms with Crippen molar-refractivity contribution in [1.29, 1.82) is 0 Å². The molecule has 0 bridgehead atoms. The fourth-order valence-electron chi connectivity index (χ4n) is 7.47. The fourth-order valence-corrected chi connectivity index (χ4v) is 7.47. The van der Waals surface area contributed by atoms with E-state index < -0.39 is 0 Å². The van der Waals surface area contributed by atoms with Crippen LogP contribution in [-0.4, -0.2) is 14.5 Å². The van der Waals surface area contributed by atoms with Crippen molar-refractivity contribution in [2.75, 3.05) is 0 Å². The molecule has 0 atom stereocenters. The summed E-state index contributed by atoms with van der Waals surface area (Å²) in [5.41, 5.74) is 13.1. The molecular formula is C46H29N3. The van der Waals surface area contributed by atoms with Gasteiger partial charge in [0.25, 0.3) is 0 Å². The summed E-state index contributed by atoms with van der Waals surface area (Å²) in [5.74, 6) is 0. The van der Waals surface area contributed by atoms with E-state index in [1.54, 1.807) is 0 Å². The number of aromatic nitrogens is 3. The summed E-state index contributed by atoms with van der Waals surface area (Å²) in [7, 11) is 0. The second kappa shape index (κ2) is 11.0. The summed E-state index contributed by atoms with van der Waals surface area (Å²) in [4.78, 5) is 10.4. The number of pyridine rings is 2. The van der Waals surface area contributed by atoms with Gasteiger partial charge in [-0.05, 0) is 53.1 Å². The van der Waals surface area contributed by atoms with Crippen LogP contribution < -0.4 is 0 Å². The first-order valence-corrected chi connectivity index (χ1v) is 16.7. The number of hydrogen-bond donors (Lipinski definition) is 0. The fraction of sp³-hybridized carbons (Fsp3) is 0. The molecule has 3 aromatic heterocycles. The summed E-state index contributed by atoms with van der Waals surface area (Å²) in [5, 5.41) is 5.87. The molecule has 0 aliphatic rings. The Balaban J connectivity index is 1.07. The van der Waals surface area contributed by atoms with Crippen molar-refractivity contribution in [2.24, 2.45) is 0 Å². The topological polar surface area (TPSA) is 30.7 Å². The van der Waals surface area contributed by atoms with Crippen molar-refractivity contribution < 1.29 is 0 Å². The summed E-state index contributed by atoms with van der Waals surface area (Å²) < 4.78 is 2.37. The van der Waals surface area contributed by atoms with Gasteiger partial charge in [0.1, 0.15) is 0 Å². The molecule has 3 heterocycles. The zero-order valence-electron chi connectivity index (χ0n) is 26.6. The van der Waals surface area contributed by atoms with Gasteiger partial charge in [-0.15, -0.1) is 0 Å². The highest BCUT2D eigenvalue weighted by Gasteiger charge is 2.15. The van der Waals surface area contributed by atoms with Crippen LogP contribution in [-0.2, 0) is 0 Å². The highest BCUT2D eigenvalue weighted by Crippen LogP contribution is 2.38. The van der Waals surface area contributed by atoms with Gasteiger partial charge in [-0.1, -0.05) is 140 Å². The maximum atomic E-state index is 5.26.